The normalized spacial score (nSPS) is 11.2. The molecule has 0 unspecified atom stereocenters. The molecule has 0 spiro atoms. The number of nitrogens with zero attached hydrogens (tertiary/aromatic N) is 1. The van der Waals surface area contributed by atoms with Gasteiger partial charge in [-0.25, -0.2) is 4.79 Å². The molecule has 0 bridgehead atoms. The summed E-state index contributed by atoms with van der Waals surface area (Å²) < 4.78 is 37.5. The van der Waals surface area contributed by atoms with Crippen LogP contribution in [0.3, 0.4) is 0 Å². The first-order chi connectivity index (χ1) is 8.25. The third-order valence-electron chi connectivity index (χ3n) is 2.30. The van der Waals surface area contributed by atoms with Crippen LogP contribution in [-0.2, 0) is 12.7 Å². The lowest BCUT2D eigenvalue weighted by Gasteiger charge is -2.16. The number of carbonyl (C=O) groups is 1. The molecule has 1 aromatic rings. The van der Waals surface area contributed by atoms with Gasteiger partial charge in [-0.15, -0.1) is 0 Å². The molecule has 0 aromatic heterocycles. The van der Waals surface area contributed by atoms with Crippen molar-refractivity contribution in [1.29, 1.82) is 0 Å². The Kier molecular flexibility index (Phi) is 4.18. The van der Waals surface area contributed by atoms with Crippen molar-refractivity contribution in [1.82, 2.24) is 4.90 Å². The molecule has 0 radical (unpaired) electrons. The first-order valence-corrected chi connectivity index (χ1v) is 5.14. The number of benzene rings is 1. The molecular weight excluding hydrogens is 247 g/mol. The van der Waals surface area contributed by atoms with Crippen molar-refractivity contribution in [2.45, 2.75) is 12.7 Å². The minimum Gasteiger partial charge on any atom is -0.331 e. The Labute approximate surface area is 103 Å². The van der Waals surface area contributed by atoms with Gasteiger partial charge in [-0.3, -0.25) is 0 Å². The Morgan fingerprint density at radius 2 is 2.00 bits per heavy atom. The summed E-state index contributed by atoms with van der Waals surface area (Å²) in [5, 5.41) is 2.48. The van der Waals surface area contributed by atoms with Gasteiger partial charge in [0.05, 0.1) is 5.56 Å². The van der Waals surface area contributed by atoms with Crippen LogP contribution in [0.2, 0.25) is 0 Å². The molecule has 3 N–H and O–H groups in total. The largest absolute Gasteiger partial charge is 0.416 e. The van der Waals surface area contributed by atoms with Crippen LogP contribution in [0.25, 0.3) is 0 Å². The maximum absolute atomic E-state index is 12.5. The number of nitrogens with one attached hydrogen (secondary N) is 1. The van der Waals surface area contributed by atoms with Gasteiger partial charge in [-0.05, 0) is 23.8 Å². The average molecular weight is 261 g/mol. The summed E-state index contributed by atoms with van der Waals surface area (Å²) in [6.45, 7) is -0.0903. The Hall–Kier alpha value is -1.76. The van der Waals surface area contributed by atoms with Crippen LogP contribution in [0.15, 0.2) is 18.2 Å². The van der Waals surface area contributed by atoms with E-state index in [0.29, 0.717) is 0 Å². The standard InChI is InChI=1S/C11H14F3N3O/c1-17(2)10(18)16-9-4-3-8(11(12,13)14)5-7(9)6-15/h3-5H,6,15H2,1-2H3,(H,16,18). The molecule has 0 saturated carbocycles. The fourth-order valence-corrected chi connectivity index (χ4v) is 1.29. The van der Waals surface area contributed by atoms with Gasteiger partial charge < -0.3 is 16.0 Å². The van der Waals surface area contributed by atoms with Gasteiger partial charge in [0.2, 0.25) is 0 Å². The molecule has 7 heteroatoms. The number of urea groups is 1. The van der Waals surface area contributed by atoms with E-state index >= 15 is 0 Å². The Bertz CT molecular complexity index is 444. The van der Waals surface area contributed by atoms with Crippen molar-refractivity contribution in [2.24, 2.45) is 5.73 Å². The van der Waals surface area contributed by atoms with E-state index in [9.17, 15) is 18.0 Å². The highest BCUT2D eigenvalue weighted by Crippen LogP contribution is 2.31. The number of nitrogens with two attached hydrogens (primary N) is 1. The number of alkyl halides is 3. The second-order valence-electron chi connectivity index (χ2n) is 3.90. The maximum atomic E-state index is 12.5. The zero-order valence-corrected chi connectivity index (χ0v) is 10.0. The van der Waals surface area contributed by atoms with Crippen molar-refractivity contribution < 1.29 is 18.0 Å². The zero-order chi connectivity index (χ0) is 13.9. The van der Waals surface area contributed by atoms with Crippen molar-refractivity contribution in [3.05, 3.63) is 29.3 Å². The SMILES string of the molecule is CN(C)C(=O)Nc1ccc(C(F)(F)F)cc1CN. The molecule has 0 saturated heterocycles. The van der Waals surface area contributed by atoms with Gasteiger partial charge in [-0.1, -0.05) is 0 Å². The predicted octanol–water partition coefficient (Wildman–Crippen LogP) is 2.26. The van der Waals surface area contributed by atoms with Gasteiger partial charge in [-0.2, -0.15) is 13.2 Å². The Balaban J connectivity index is 3.05. The van der Waals surface area contributed by atoms with Crippen LogP contribution >= 0.6 is 0 Å². The van der Waals surface area contributed by atoms with Gasteiger partial charge in [0.1, 0.15) is 0 Å². The zero-order valence-electron chi connectivity index (χ0n) is 10.0. The number of anilines is 1. The average Bonchev–Trinajstić information content (AvgIpc) is 2.27. The Morgan fingerprint density at radius 1 is 1.39 bits per heavy atom. The second-order valence-corrected chi connectivity index (χ2v) is 3.90. The lowest BCUT2D eigenvalue weighted by Crippen LogP contribution is -2.28. The van der Waals surface area contributed by atoms with E-state index in [1.165, 1.54) is 25.1 Å². The number of hydrogen-bond donors (Lipinski definition) is 2. The van der Waals surface area contributed by atoms with Gasteiger partial charge in [0, 0.05) is 26.3 Å². The molecule has 0 heterocycles. The van der Waals surface area contributed by atoms with Crippen LogP contribution < -0.4 is 11.1 Å². The second kappa shape index (κ2) is 5.26. The Morgan fingerprint density at radius 3 is 2.44 bits per heavy atom. The quantitative estimate of drug-likeness (QED) is 0.857. The van der Waals surface area contributed by atoms with E-state index in [1.807, 2.05) is 0 Å². The van der Waals surface area contributed by atoms with Gasteiger partial charge >= 0.3 is 12.2 Å². The first-order valence-electron chi connectivity index (χ1n) is 5.14. The molecule has 1 aromatic carbocycles. The smallest absolute Gasteiger partial charge is 0.331 e. The number of carbonyl (C=O) groups excluding carboxylic acids is 1. The molecule has 18 heavy (non-hydrogen) atoms. The lowest BCUT2D eigenvalue weighted by molar-refractivity contribution is -0.137. The highest BCUT2D eigenvalue weighted by molar-refractivity contribution is 5.89. The van der Waals surface area contributed by atoms with Crippen LogP contribution in [-0.4, -0.2) is 25.0 Å². The van der Waals surface area contributed by atoms with E-state index in [1.54, 1.807) is 0 Å². The van der Waals surface area contributed by atoms with Crippen molar-refractivity contribution >= 4 is 11.7 Å². The molecular formula is C11H14F3N3O. The van der Waals surface area contributed by atoms with E-state index in [4.69, 9.17) is 5.73 Å². The van der Waals surface area contributed by atoms with Crippen molar-refractivity contribution in [3.8, 4) is 0 Å². The summed E-state index contributed by atoms with van der Waals surface area (Å²) in [7, 11) is 3.06. The topological polar surface area (TPSA) is 58.4 Å². The van der Waals surface area contributed by atoms with Crippen LogP contribution in [0, 0.1) is 0 Å². The number of rotatable bonds is 2. The highest BCUT2D eigenvalue weighted by atomic mass is 19.4. The third-order valence-corrected chi connectivity index (χ3v) is 2.30. The first kappa shape index (κ1) is 14.3. The minimum absolute atomic E-state index is 0.0903. The molecule has 1 rings (SSSR count). The van der Waals surface area contributed by atoms with E-state index < -0.39 is 17.8 Å². The fraction of sp³-hybridized carbons (Fsp3) is 0.364. The molecule has 0 aliphatic heterocycles. The van der Waals surface area contributed by atoms with Crippen LogP contribution in [0.5, 0.6) is 0 Å². The monoisotopic (exact) mass is 261 g/mol. The summed E-state index contributed by atoms with van der Waals surface area (Å²) in [5.41, 5.74) is 5.11. The van der Waals surface area contributed by atoms with E-state index in [0.717, 1.165) is 12.1 Å². The number of halogens is 3. The van der Waals surface area contributed by atoms with E-state index in [-0.39, 0.29) is 17.8 Å². The molecule has 100 valence electrons. The molecule has 4 nitrogen and oxygen atoms in total. The maximum Gasteiger partial charge on any atom is 0.416 e. The molecule has 0 aliphatic rings. The summed E-state index contributed by atoms with van der Waals surface area (Å²) in [4.78, 5) is 12.7. The predicted molar refractivity (Wildman–Crippen MR) is 62.0 cm³/mol. The molecule has 0 atom stereocenters. The summed E-state index contributed by atoms with van der Waals surface area (Å²) in [6.07, 6.45) is -4.42. The molecule has 0 aliphatic carbocycles. The third kappa shape index (κ3) is 3.36. The van der Waals surface area contributed by atoms with Crippen molar-refractivity contribution in [3.63, 3.8) is 0 Å². The summed E-state index contributed by atoms with van der Waals surface area (Å²) in [5.74, 6) is 0. The highest BCUT2D eigenvalue weighted by Gasteiger charge is 2.30. The number of amides is 2. The van der Waals surface area contributed by atoms with E-state index in [2.05, 4.69) is 5.32 Å². The number of hydrogen-bond acceptors (Lipinski definition) is 2. The summed E-state index contributed by atoms with van der Waals surface area (Å²) >= 11 is 0. The summed E-state index contributed by atoms with van der Waals surface area (Å²) in [6, 6.07) is 2.62. The molecule has 0 fully saturated rings. The van der Waals surface area contributed by atoms with Crippen LogP contribution in [0.1, 0.15) is 11.1 Å². The fourth-order valence-electron chi connectivity index (χ4n) is 1.29. The van der Waals surface area contributed by atoms with Crippen molar-refractivity contribution in [2.75, 3.05) is 19.4 Å². The minimum atomic E-state index is -4.42. The lowest BCUT2D eigenvalue weighted by atomic mass is 10.1. The molecule has 2 amide bonds. The van der Waals surface area contributed by atoms with Crippen LogP contribution in [0.4, 0.5) is 23.7 Å². The van der Waals surface area contributed by atoms with Gasteiger partial charge in [0.25, 0.3) is 0 Å². The van der Waals surface area contributed by atoms with Gasteiger partial charge in [0.15, 0.2) is 0 Å².